The number of fused-ring (bicyclic) bond motifs is 3. The van der Waals surface area contributed by atoms with Crippen molar-refractivity contribution in [1.82, 2.24) is 4.90 Å². The van der Waals surface area contributed by atoms with Crippen LogP contribution in [0.25, 0.3) is 0 Å². The summed E-state index contributed by atoms with van der Waals surface area (Å²) in [6.45, 7) is 5.48. The van der Waals surface area contributed by atoms with Crippen molar-refractivity contribution in [3.05, 3.63) is 71.8 Å². The lowest BCUT2D eigenvalue weighted by molar-refractivity contribution is -0.258. The van der Waals surface area contributed by atoms with Crippen molar-refractivity contribution < 1.29 is 48.6 Å². The molecule has 60 heavy (non-hydrogen) atoms. The maximum absolute atomic E-state index is 15.2. The van der Waals surface area contributed by atoms with Gasteiger partial charge < -0.3 is 48.7 Å². The zero-order valence-corrected chi connectivity index (χ0v) is 35.0. The van der Waals surface area contributed by atoms with Gasteiger partial charge in [0.05, 0.1) is 24.8 Å². The molecule has 3 heterocycles. The van der Waals surface area contributed by atoms with Gasteiger partial charge in [-0.25, -0.2) is 0 Å². The summed E-state index contributed by atoms with van der Waals surface area (Å²) in [5, 5.41) is 35.9. The lowest BCUT2D eigenvalue weighted by Gasteiger charge is -2.60. The molecule has 3 aliphatic carbocycles. The minimum atomic E-state index is -1.39. The number of nitrogens with zero attached hydrogens (tertiary/aromatic N) is 2. The number of hydrogen-bond donors (Lipinski definition) is 3. The number of rotatable bonds is 19. The lowest BCUT2D eigenvalue weighted by Crippen LogP contribution is -2.70. The number of carbonyl (C=O) groups excluding carboxylic acids is 1. The van der Waals surface area contributed by atoms with Crippen LogP contribution in [-0.2, 0) is 25.7 Å². The van der Waals surface area contributed by atoms with E-state index in [-0.39, 0.29) is 62.6 Å². The van der Waals surface area contributed by atoms with Gasteiger partial charge in [0.25, 0.3) is 0 Å². The van der Waals surface area contributed by atoms with Crippen LogP contribution in [0.5, 0.6) is 23.0 Å². The van der Waals surface area contributed by atoms with Gasteiger partial charge in [0.1, 0.15) is 17.5 Å². The van der Waals surface area contributed by atoms with E-state index in [0.29, 0.717) is 55.5 Å². The second-order valence-electron chi connectivity index (χ2n) is 17.6. The summed E-state index contributed by atoms with van der Waals surface area (Å²) >= 11 is 0. The fourth-order valence-electron chi connectivity index (χ4n) is 11.0. The molecule has 0 bridgehead atoms. The quantitative estimate of drug-likeness (QED) is 0.0718. The van der Waals surface area contributed by atoms with Gasteiger partial charge in [-0.15, -0.1) is 6.58 Å². The molecule has 8 rings (SSSR count). The molecule has 7 atom stereocenters. The average molecular weight is 829 g/mol. The predicted molar refractivity (Wildman–Crippen MR) is 226 cm³/mol. The van der Waals surface area contributed by atoms with E-state index in [1.54, 1.807) is 12.1 Å². The maximum Gasteiger partial charge on any atom is 0.239 e. The van der Waals surface area contributed by atoms with Crippen LogP contribution in [0, 0.1) is 23.7 Å². The van der Waals surface area contributed by atoms with Crippen LogP contribution in [0.1, 0.15) is 120 Å². The van der Waals surface area contributed by atoms with E-state index >= 15 is 4.79 Å². The Bertz CT molecular complexity index is 1850. The zero-order chi connectivity index (χ0) is 41.5. The molecule has 3 N–H and O–H groups in total. The molecular weight excluding hydrogens is 765 g/mol. The molecule has 2 aromatic rings. The molecule has 2 aromatic carbocycles. The molecule has 1 unspecified atom stereocenters. The Morgan fingerprint density at radius 3 is 2.50 bits per heavy atom. The minimum Gasteiger partial charge on any atom is -0.508 e. The Hall–Kier alpha value is -4.10. The van der Waals surface area contributed by atoms with E-state index in [2.05, 4.69) is 12.7 Å². The highest BCUT2D eigenvalue weighted by atomic mass is 16.8. The molecule has 326 valence electrons. The molecule has 3 fully saturated rings. The molecule has 0 radical (unpaired) electrons. The van der Waals surface area contributed by atoms with Gasteiger partial charge in [-0.1, -0.05) is 61.9 Å². The first kappa shape index (κ1) is 42.6. The molecule has 12 heteroatoms. The van der Waals surface area contributed by atoms with Crippen LogP contribution >= 0.6 is 0 Å². The first-order valence-electron chi connectivity index (χ1n) is 22.6. The standard InChI is InChI=1S/C48H64N2O10/c1-2-24-58-48-43(50(44(54)21-17-32-11-3-4-12-32)30-33-16-19-41-42(26-33)57-31-56-41)29-39(49-60-45-15-7-10-25-55-45)37-27-34(13-5-8-22-51)36(14-6-9-23-52)46(47(37)48)38-28-35(53)18-20-40(38)59-48/h2,16,18-20,26-28,32,34,36,43,45-47,51-53H,1,3-15,17,21-25,29-31H2/t34-,36+,43-,45?,46+,47+,48+/m0/s1. The van der Waals surface area contributed by atoms with Gasteiger partial charge in [0, 0.05) is 50.5 Å². The number of ether oxygens (including phenoxy) is 5. The van der Waals surface area contributed by atoms with Crippen molar-refractivity contribution in [3.63, 3.8) is 0 Å². The number of hydrogen-bond acceptors (Lipinski definition) is 11. The lowest BCUT2D eigenvalue weighted by atomic mass is 9.55. The normalized spacial score (nSPS) is 28.7. The second-order valence-corrected chi connectivity index (χ2v) is 17.6. The number of aromatic hydroxyl groups is 1. The molecule has 1 saturated heterocycles. The van der Waals surface area contributed by atoms with Gasteiger partial charge in [-0.05, 0) is 104 Å². The fraction of sp³-hybridized carbons (Fsp3) is 0.625. The van der Waals surface area contributed by atoms with E-state index < -0.39 is 24.0 Å². The molecule has 1 amide bonds. The highest BCUT2D eigenvalue weighted by Crippen LogP contribution is 2.62. The Labute approximate surface area is 354 Å². The molecule has 6 aliphatic rings. The first-order chi connectivity index (χ1) is 29.4. The number of unbranched alkanes of at least 4 members (excludes halogenated alkanes) is 2. The van der Waals surface area contributed by atoms with Crippen molar-refractivity contribution >= 4 is 11.6 Å². The Kier molecular flexibility index (Phi) is 14.0. The number of aliphatic hydroxyl groups is 2. The monoisotopic (exact) mass is 828 g/mol. The number of aliphatic hydroxyl groups excluding tert-OH is 2. The van der Waals surface area contributed by atoms with E-state index in [4.69, 9.17) is 33.7 Å². The maximum atomic E-state index is 15.2. The number of phenols is 1. The van der Waals surface area contributed by atoms with Crippen molar-refractivity contribution in [2.75, 3.05) is 33.2 Å². The van der Waals surface area contributed by atoms with Crippen LogP contribution in [0.4, 0.5) is 0 Å². The second kappa shape index (κ2) is 19.7. The molecule has 2 saturated carbocycles. The Morgan fingerprint density at radius 1 is 0.933 bits per heavy atom. The number of allylic oxidation sites excluding steroid dienone is 1. The number of carbonyl (C=O) groups is 1. The summed E-state index contributed by atoms with van der Waals surface area (Å²) in [6.07, 6.45) is 17.1. The molecule has 0 aromatic heterocycles. The van der Waals surface area contributed by atoms with Gasteiger partial charge in [0.15, 0.2) is 11.5 Å². The van der Waals surface area contributed by atoms with Crippen molar-refractivity contribution in [2.24, 2.45) is 28.8 Å². The largest absolute Gasteiger partial charge is 0.508 e. The topological polar surface area (TPSA) is 149 Å². The smallest absolute Gasteiger partial charge is 0.239 e. The first-order valence-corrected chi connectivity index (χ1v) is 22.6. The van der Waals surface area contributed by atoms with Gasteiger partial charge in [-0.2, -0.15) is 0 Å². The van der Waals surface area contributed by atoms with Crippen LogP contribution in [0.2, 0.25) is 0 Å². The summed E-state index contributed by atoms with van der Waals surface area (Å²) in [4.78, 5) is 23.4. The third kappa shape index (κ3) is 9.08. The van der Waals surface area contributed by atoms with E-state index in [1.807, 2.05) is 35.2 Å². The van der Waals surface area contributed by atoms with Crippen LogP contribution in [-0.4, -0.2) is 83.2 Å². The SMILES string of the molecule is C=CCO[C@@]12Oc3ccc(O)cc3[C@H]3[C@H](CCCCO)[C@@H](CCCCO)C=C(C(=NOC4CCCCO4)C[C@@H]1N(Cc1ccc4c(c1)OCO4)C(=O)CCC1CCCC1)[C@H]32. The van der Waals surface area contributed by atoms with Crippen LogP contribution < -0.4 is 14.2 Å². The summed E-state index contributed by atoms with van der Waals surface area (Å²) in [5.41, 5.74) is 3.47. The zero-order valence-electron chi connectivity index (χ0n) is 35.0. The molecular formula is C48H64N2O10. The average Bonchev–Trinajstić information content (AvgIpc) is 3.98. The third-order valence-corrected chi connectivity index (χ3v) is 13.8. The van der Waals surface area contributed by atoms with Gasteiger partial charge >= 0.3 is 0 Å². The van der Waals surface area contributed by atoms with Crippen molar-refractivity contribution in [3.8, 4) is 23.0 Å². The fourth-order valence-corrected chi connectivity index (χ4v) is 11.0. The van der Waals surface area contributed by atoms with Crippen molar-refractivity contribution in [2.45, 2.75) is 133 Å². The number of phenolic OH excluding ortho intramolecular Hbond substituents is 1. The molecule has 3 aliphatic heterocycles. The number of benzene rings is 2. The molecule has 0 spiro atoms. The van der Waals surface area contributed by atoms with Crippen LogP contribution in [0.3, 0.4) is 0 Å². The summed E-state index contributed by atoms with van der Waals surface area (Å²) < 4.78 is 32.0. The highest BCUT2D eigenvalue weighted by Gasteiger charge is 2.65. The molecule has 12 nitrogen and oxygen atoms in total. The highest BCUT2D eigenvalue weighted by molar-refractivity contribution is 6.03. The summed E-state index contributed by atoms with van der Waals surface area (Å²) in [7, 11) is 0. The Morgan fingerprint density at radius 2 is 1.72 bits per heavy atom. The van der Waals surface area contributed by atoms with E-state index in [9.17, 15) is 15.3 Å². The summed E-state index contributed by atoms with van der Waals surface area (Å²) in [6, 6.07) is 10.5. The van der Waals surface area contributed by atoms with Gasteiger partial charge in [0.2, 0.25) is 24.8 Å². The van der Waals surface area contributed by atoms with E-state index in [1.165, 1.54) is 12.8 Å². The third-order valence-electron chi connectivity index (χ3n) is 13.8. The minimum absolute atomic E-state index is 0.0169. The van der Waals surface area contributed by atoms with Crippen LogP contribution in [0.15, 0.2) is 65.9 Å². The van der Waals surface area contributed by atoms with Crippen molar-refractivity contribution in [1.29, 1.82) is 0 Å². The Balaban J connectivity index is 1.30. The van der Waals surface area contributed by atoms with Gasteiger partial charge in [-0.3, -0.25) is 4.79 Å². The predicted octanol–water partition coefficient (Wildman–Crippen LogP) is 8.28. The van der Waals surface area contributed by atoms with E-state index in [0.717, 1.165) is 86.6 Å². The number of amides is 1. The number of oxime groups is 1. The summed E-state index contributed by atoms with van der Waals surface area (Å²) in [5.74, 6) is 0.683.